The first-order valence-corrected chi connectivity index (χ1v) is 9.46. The fraction of sp³-hybridized carbons (Fsp3) is 0.0625. The Balaban J connectivity index is 1.60. The van der Waals surface area contributed by atoms with Crippen molar-refractivity contribution in [3.63, 3.8) is 0 Å². The van der Waals surface area contributed by atoms with Gasteiger partial charge in [0.05, 0.1) is 0 Å². The number of rotatable bonds is 3. The third-order valence-corrected chi connectivity index (χ3v) is 5.10. The van der Waals surface area contributed by atoms with Crippen molar-refractivity contribution in [3.8, 4) is 11.6 Å². The zero-order valence-corrected chi connectivity index (χ0v) is 16.7. The molecule has 0 aliphatic carbocycles. The highest BCUT2D eigenvalue weighted by Gasteiger charge is 2.20. The molecule has 0 aliphatic rings. The number of hydrogen-bond donors (Lipinski definition) is 1. The van der Waals surface area contributed by atoms with Crippen LogP contribution in [0.3, 0.4) is 0 Å². The average Bonchev–Trinajstić information content (AvgIpc) is 3.27. The fourth-order valence-electron chi connectivity index (χ4n) is 2.38. The Labute approximate surface area is 162 Å². The Kier molecular flexibility index (Phi) is 4.22. The molecule has 1 aromatic carbocycles. The lowest BCUT2D eigenvalue weighted by Gasteiger charge is -1.98. The minimum atomic E-state index is -0.367. The van der Waals surface area contributed by atoms with E-state index in [2.05, 4.69) is 46.5 Å². The molecule has 0 saturated carbocycles. The van der Waals surface area contributed by atoms with Crippen LogP contribution in [0.5, 0.6) is 0 Å². The summed E-state index contributed by atoms with van der Waals surface area (Å²) in [5.74, 6) is 0.823. The molecule has 1 N–H and O–H groups in total. The van der Waals surface area contributed by atoms with Gasteiger partial charge in [0.25, 0.3) is 5.91 Å². The van der Waals surface area contributed by atoms with Crippen LogP contribution in [0.15, 0.2) is 48.3 Å². The number of aromatic nitrogens is 2. The van der Waals surface area contributed by atoms with Gasteiger partial charge in [-0.3, -0.25) is 10.1 Å². The number of carbonyl (C=O) groups excluding carboxylic acids is 1. The second-order valence-electron chi connectivity index (χ2n) is 5.18. The first kappa shape index (κ1) is 16.5. The largest absolute Gasteiger partial charge is 0.451 e. The number of carbonyl (C=O) groups is 1. The Morgan fingerprint density at radius 2 is 2.04 bits per heavy atom. The van der Waals surface area contributed by atoms with Crippen molar-refractivity contribution in [3.05, 3.63) is 50.8 Å². The molecule has 0 saturated heterocycles. The lowest BCUT2D eigenvalue weighted by atomic mass is 10.1. The molecule has 3 heterocycles. The lowest BCUT2D eigenvalue weighted by Crippen LogP contribution is -2.11. The summed E-state index contributed by atoms with van der Waals surface area (Å²) in [7, 11) is 0. The number of aryl methyl sites for hydroxylation is 1. The smallest absolute Gasteiger partial charge is 0.293 e. The number of nitrogens with one attached hydrogen (secondary N) is 1. The summed E-state index contributed by atoms with van der Waals surface area (Å²) in [6.07, 6.45) is 0. The quantitative estimate of drug-likeness (QED) is 0.409. The monoisotopic (exact) mass is 481 g/mol. The number of furan rings is 2. The zero-order valence-electron chi connectivity index (χ0n) is 12.7. The van der Waals surface area contributed by atoms with Gasteiger partial charge in [0.1, 0.15) is 5.58 Å². The molecule has 126 valence electrons. The average molecular weight is 483 g/mol. The van der Waals surface area contributed by atoms with Gasteiger partial charge in [0.15, 0.2) is 16.2 Å². The minimum Gasteiger partial charge on any atom is -0.451 e. The summed E-state index contributed by atoms with van der Waals surface area (Å²) in [6, 6.07) is 9.15. The number of anilines is 1. The van der Waals surface area contributed by atoms with Crippen molar-refractivity contribution in [2.75, 3.05) is 5.32 Å². The Bertz CT molecular complexity index is 1100. The van der Waals surface area contributed by atoms with Crippen LogP contribution in [0, 0.1) is 6.92 Å². The molecule has 25 heavy (non-hydrogen) atoms. The molecule has 0 spiro atoms. The van der Waals surface area contributed by atoms with Gasteiger partial charge in [0.2, 0.25) is 11.0 Å². The molecule has 1 amide bonds. The third kappa shape index (κ3) is 3.14. The standard InChI is InChI=1S/C16H9Br2N3O3S/c1-7-9-3-2-8(17)6-11(9)24-13(7)15(22)20-16-19-14(21-25-16)10-4-5-12(18)23-10/h2-6H,1H3,(H,19,20,21,22). The van der Waals surface area contributed by atoms with Gasteiger partial charge < -0.3 is 8.83 Å². The molecule has 0 bridgehead atoms. The Morgan fingerprint density at radius 3 is 2.80 bits per heavy atom. The molecule has 0 radical (unpaired) electrons. The molecule has 4 rings (SSSR count). The van der Waals surface area contributed by atoms with Crippen molar-refractivity contribution in [1.82, 2.24) is 9.36 Å². The molecule has 0 unspecified atom stereocenters. The summed E-state index contributed by atoms with van der Waals surface area (Å²) in [5.41, 5.74) is 1.43. The highest BCUT2D eigenvalue weighted by Crippen LogP contribution is 2.29. The molecule has 0 atom stereocenters. The van der Waals surface area contributed by atoms with E-state index in [0.29, 0.717) is 27.0 Å². The van der Waals surface area contributed by atoms with Crippen molar-refractivity contribution in [1.29, 1.82) is 0 Å². The van der Waals surface area contributed by atoms with E-state index < -0.39 is 0 Å². The van der Waals surface area contributed by atoms with Crippen molar-refractivity contribution in [2.24, 2.45) is 0 Å². The van der Waals surface area contributed by atoms with E-state index in [1.165, 1.54) is 0 Å². The van der Waals surface area contributed by atoms with Crippen LogP contribution in [-0.4, -0.2) is 15.3 Å². The molecule has 0 fully saturated rings. The van der Waals surface area contributed by atoms with Gasteiger partial charge >= 0.3 is 0 Å². The maximum atomic E-state index is 12.5. The van der Waals surface area contributed by atoms with Crippen LogP contribution < -0.4 is 5.32 Å². The van der Waals surface area contributed by atoms with Gasteiger partial charge in [-0.2, -0.15) is 9.36 Å². The fourth-order valence-corrected chi connectivity index (χ4v) is 3.59. The maximum Gasteiger partial charge on any atom is 0.293 e. The van der Waals surface area contributed by atoms with Crippen molar-refractivity contribution >= 4 is 65.4 Å². The maximum absolute atomic E-state index is 12.5. The number of amides is 1. The van der Waals surface area contributed by atoms with Crippen LogP contribution in [-0.2, 0) is 0 Å². The highest BCUT2D eigenvalue weighted by atomic mass is 79.9. The molecule has 4 aromatic rings. The molecular weight excluding hydrogens is 474 g/mol. The SMILES string of the molecule is Cc1c(C(=O)Nc2nc(-c3ccc(Br)o3)ns2)oc2cc(Br)ccc12. The van der Waals surface area contributed by atoms with Gasteiger partial charge in [-0.05, 0) is 53.2 Å². The summed E-state index contributed by atoms with van der Waals surface area (Å²) in [6.45, 7) is 1.85. The normalized spacial score (nSPS) is 11.2. The molecular formula is C16H9Br2N3O3S. The molecule has 3 aromatic heterocycles. The Hall–Kier alpha value is -1.97. The lowest BCUT2D eigenvalue weighted by molar-refractivity contribution is 0.0998. The van der Waals surface area contributed by atoms with Crippen LogP contribution in [0.2, 0.25) is 0 Å². The number of halogens is 2. The van der Waals surface area contributed by atoms with E-state index in [9.17, 15) is 4.79 Å². The van der Waals surface area contributed by atoms with E-state index in [0.717, 1.165) is 27.0 Å². The van der Waals surface area contributed by atoms with Gasteiger partial charge in [-0.25, -0.2) is 0 Å². The second kappa shape index (κ2) is 6.40. The predicted molar refractivity (Wildman–Crippen MR) is 102 cm³/mol. The third-order valence-electron chi connectivity index (χ3n) is 3.55. The second-order valence-corrected chi connectivity index (χ2v) is 7.63. The van der Waals surface area contributed by atoms with E-state index in [1.807, 2.05) is 25.1 Å². The number of fused-ring (bicyclic) bond motifs is 1. The van der Waals surface area contributed by atoms with Crippen LogP contribution in [0.1, 0.15) is 16.1 Å². The number of nitrogens with zero attached hydrogens (tertiary/aromatic N) is 2. The van der Waals surface area contributed by atoms with E-state index in [4.69, 9.17) is 8.83 Å². The molecule has 9 heteroatoms. The van der Waals surface area contributed by atoms with E-state index in [-0.39, 0.29) is 11.7 Å². The van der Waals surface area contributed by atoms with Gasteiger partial charge in [-0.1, -0.05) is 15.9 Å². The van der Waals surface area contributed by atoms with Gasteiger partial charge in [-0.15, -0.1) is 0 Å². The first-order chi connectivity index (χ1) is 12.0. The highest BCUT2D eigenvalue weighted by molar-refractivity contribution is 9.10. The van der Waals surface area contributed by atoms with E-state index >= 15 is 0 Å². The summed E-state index contributed by atoms with van der Waals surface area (Å²) < 4.78 is 16.8. The summed E-state index contributed by atoms with van der Waals surface area (Å²) in [5, 5.41) is 3.98. The Morgan fingerprint density at radius 1 is 1.20 bits per heavy atom. The zero-order chi connectivity index (χ0) is 17.6. The minimum absolute atomic E-state index is 0.255. The first-order valence-electron chi connectivity index (χ1n) is 7.10. The number of benzene rings is 1. The van der Waals surface area contributed by atoms with E-state index in [1.54, 1.807) is 12.1 Å². The molecule has 0 aliphatic heterocycles. The summed E-state index contributed by atoms with van der Waals surface area (Å²) >= 11 is 7.70. The topological polar surface area (TPSA) is 81.2 Å². The van der Waals surface area contributed by atoms with Crippen LogP contribution in [0.25, 0.3) is 22.6 Å². The van der Waals surface area contributed by atoms with Crippen LogP contribution >= 0.6 is 43.4 Å². The van der Waals surface area contributed by atoms with Crippen molar-refractivity contribution in [2.45, 2.75) is 6.92 Å². The predicted octanol–water partition coefficient (Wildman–Crippen LogP) is 5.63. The van der Waals surface area contributed by atoms with Gasteiger partial charge in [0, 0.05) is 27.0 Å². The van der Waals surface area contributed by atoms with Crippen molar-refractivity contribution < 1.29 is 13.6 Å². The number of hydrogen-bond acceptors (Lipinski definition) is 6. The molecule has 6 nitrogen and oxygen atoms in total. The van der Waals surface area contributed by atoms with Crippen LogP contribution in [0.4, 0.5) is 5.13 Å². The summed E-state index contributed by atoms with van der Waals surface area (Å²) in [4.78, 5) is 16.8.